The Morgan fingerprint density at radius 2 is 1.95 bits per heavy atom. The highest BCUT2D eigenvalue weighted by molar-refractivity contribution is 6.33. The van der Waals surface area contributed by atoms with E-state index in [-0.39, 0.29) is 5.69 Å². The summed E-state index contributed by atoms with van der Waals surface area (Å²) in [4.78, 5) is 8.45. The number of nitrogens with one attached hydrogen (secondary N) is 2. The molecule has 21 heavy (non-hydrogen) atoms. The van der Waals surface area contributed by atoms with E-state index in [0.717, 1.165) is 30.8 Å². The molecule has 1 aromatic heterocycles. The molecular formula is C15H18ClFN4. The molecule has 0 radical (unpaired) electrons. The third kappa shape index (κ3) is 3.61. The van der Waals surface area contributed by atoms with Gasteiger partial charge in [0.25, 0.3) is 0 Å². The minimum atomic E-state index is -0.411. The molecular weight excluding hydrogens is 291 g/mol. The molecule has 0 aliphatic carbocycles. The zero-order valence-electron chi connectivity index (χ0n) is 12.1. The van der Waals surface area contributed by atoms with Gasteiger partial charge < -0.3 is 10.6 Å². The predicted molar refractivity (Wildman–Crippen MR) is 84.9 cm³/mol. The average Bonchev–Trinajstić information content (AvgIpc) is 2.49. The highest BCUT2D eigenvalue weighted by atomic mass is 35.5. The van der Waals surface area contributed by atoms with Crippen LogP contribution >= 0.6 is 11.6 Å². The number of anilines is 3. The van der Waals surface area contributed by atoms with Crippen LogP contribution in [0.5, 0.6) is 0 Å². The van der Waals surface area contributed by atoms with Crippen molar-refractivity contribution in [2.75, 3.05) is 17.2 Å². The van der Waals surface area contributed by atoms with E-state index in [1.165, 1.54) is 12.4 Å². The number of hydrogen-bond donors (Lipinski definition) is 2. The van der Waals surface area contributed by atoms with Crippen molar-refractivity contribution >= 4 is 28.9 Å². The third-order valence-corrected chi connectivity index (χ3v) is 3.36. The lowest BCUT2D eigenvalue weighted by Crippen LogP contribution is -2.09. The molecule has 4 nitrogen and oxygen atoms in total. The molecule has 0 spiro atoms. The molecule has 2 N–H and O–H groups in total. The second-order valence-corrected chi connectivity index (χ2v) is 4.96. The van der Waals surface area contributed by atoms with E-state index in [9.17, 15) is 4.39 Å². The van der Waals surface area contributed by atoms with Crippen LogP contribution in [0.25, 0.3) is 0 Å². The van der Waals surface area contributed by atoms with Gasteiger partial charge in [-0.05, 0) is 25.0 Å². The van der Waals surface area contributed by atoms with Crippen LogP contribution in [0.2, 0.25) is 5.02 Å². The van der Waals surface area contributed by atoms with E-state index in [1.807, 2.05) is 6.92 Å². The van der Waals surface area contributed by atoms with Crippen molar-refractivity contribution in [2.45, 2.75) is 26.7 Å². The van der Waals surface area contributed by atoms with Crippen molar-refractivity contribution in [3.63, 3.8) is 0 Å². The topological polar surface area (TPSA) is 49.8 Å². The number of rotatable bonds is 6. The lowest BCUT2D eigenvalue weighted by atomic mass is 10.2. The Morgan fingerprint density at radius 1 is 1.19 bits per heavy atom. The SMILES string of the molecule is CCCNc1ncnc(Nc2c(F)cccc2Cl)c1CC. The minimum Gasteiger partial charge on any atom is -0.370 e. The fraction of sp³-hybridized carbons (Fsp3) is 0.333. The number of aromatic nitrogens is 2. The second kappa shape index (κ2) is 7.22. The van der Waals surface area contributed by atoms with Crippen LogP contribution in [0.3, 0.4) is 0 Å². The van der Waals surface area contributed by atoms with Crippen LogP contribution in [-0.4, -0.2) is 16.5 Å². The van der Waals surface area contributed by atoms with Crippen LogP contribution in [0.1, 0.15) is 25.8 Å². The van der Waals surface area contributed by atoms with Crippen molar-refractivity contribution in [1.82, 2.24) is 9.97 Å². The molecule has 0 atom stereocenters. The molecule has 0 saturated heterocycles. The van der Waals surface area contributed by atoms with Gasteiger partial charge in [0.1, 0.15) is 23.8 Å². The van der Waals surface area contributed by atoms with Crippen molar-refractivity contribution in [2.24, 2.45) is 0 Å². The maximum absolute atomic E-state index is 13.9. The summed E-state index contributed by atoms with van der Waals surface area (Å²) in [5.74, 6) is 0.925. The summed E-state index contributed by atoms with van der Waals surface area (Å²) in [7, 11) is 0. The average molecular weight is 309 g/mol. The number of hydrogen-bond acceptors (Lipinski definition) is 4. The molecule has 0 aliphatic heterocycles. The normalized spacial score (nSPS) is 10.5. The molecule has 0 saturated carbocycles. The van der Waals surface area contributed by atoms with Crippen molar-refractivity contribution < 1.29 is 4.39 Å². The Morgan fingerprint density at radius 3 is 2.62 bits per heavy atom. The molecule has 0 aliphatic rings. The zero-order chi connectivity index (χ0) is 15.2. The van der Waals surface area contributed by atoms with Gasteiger partial charge in [-0.1, -0.05) is 31.5 Å². The van der Waals surface area contributed by atoms with Crippen molar-refractivity contribution in [3.8, 4) is 0 Å². The molecule has 2 rings (SSSR count). The lowest BCUT2D eigenvalue weighted by Gasteiger charge is -2.15. The van der Waals surface area contributed by atoms with Gasteiger partial charge in [0, 0.05) is 12.1 Å². The van der Waals surface area contributed by atoms with Gasteiger partial charge >= 0.3 is 0 Å². The number of halogens is 2. The van der Waals surface area contributed by atoms with E-state index in [2.05, 4.69) is 27.5 Å². The van der Waals surface area contributed by atoms with E-state index >= 15 is 0 Å². The van der Waals surface area contributed by atoms with Crippen LogP contribution in [0.4, 0.5) is 21.7 Å². The second-order valence-electron chi connectivity index (χ2n) is 4.55. The maximum atomic E-state index is 13.9. The molecule has 6 heteroatoms. The summed E-state index contributed by atoms with van der Waals surface area (Å²) in [5, 5.41) is 6.55. The summed E-state index contributed by atoms with van der Waals surface area (Å²) in [6, 6.07) is 4.56. The summed E-state index contributed by atoms with van der Waals surface area (Å²) in [5.41, 5.74) is 1.14. The highest BCUT2D eigenvalue weighted by Crippen LogP contribution is 2.30. The Kier molecular flexibility index (Phi) is 5.33. The lowest BCUT2D eigenvalue weighted by molar-refractivity contribution is 0.632. The Bertz CT molecular complexity index is 598. The largest absolute Gasteiger partial charge is 0.370 e. The monoisotopic (exact) mass is 308 g/mol. The van der Waals surface area contributed by atoms with Crippen molar-refractivity contribution in [1.29, 1.82) is 0 Å². The van der Waals surface area contributed by atoms with Crippen LogP contribution in [0, 0.1) is 5.82 Å². The molecule has 1 heterocycles. The van der Waals surface area contributed by atoms with Gasteiger partial charge in [0.05, 0.1) is 10.7 Å². The van der Waals surface area contributed by atoms with Gasteiger partial charge in [-0.2, -0.15) is 0 Å². The number of para-hydroxylation sites is 1. The molecule has 0 unspecified atom stereocenters. The standard InChI is InChI=1S/C15H18ClFN4/c1-3-8-18-14-10(4-2)15(20-9-19-14)21-13-11(16)6-5-7-12(13)17/h5-7,9H,3-4,8H2,1-2H3,(H2,18,19,20,21). The van der Waals surface area contributed by atoms with Gasteiger partial charge in [0.15, 0.2) is 0 Å². The van der Waals surface area contributed by atoms with Crippen LogP contribution in [0.15, 0.2) is 24.5 Å². The molecule has 2 aromatic rings. The van der Waals surface area contributed by atoms with E-state index in [4.69, 9.17) is 11.6 Å². The van der Waals surface area contributed by atoms with Gasteiger partial charge in [0.2, 0.25) is 0 Å². The van der Waals surface area contributed by atoms with E-state index in [1.54, 1.807) is 12.1 Å². The van der Waals surface area contributed by atoms with Crippen LogP contribution in [-0.2, 0) is 6.42 Å². The van der Waals surface area contributed by atoms with E-state index in [0.29, 0.717) is 10.8 Å². The fourth-order valence-electron chi connectivity index (χ4n) is 1.99. The predicted octanol–water partition coefficient (Wildman–Crippen LogP) is 4.40. The number of nitrogens with zero attached hydrogens (tertiary/aromatic N) is 2. The Hall–Kier alpha value is -1.88. The van der Waals surface area contributed by atoms with E-state index < -0.39 is 5.82 Å². The first-order valence-corrected chi connectivity index (χ1v) is 7.33. The van der Waals surface area contributed by atoms with Gasteiger partial charge in [-0.3, -0.25) is 0 Å². The maximum Gasteiger partial charge on any atom is 0.148 e. The smallest absolute Gasteiger partial charge is 0.148 e. The summed E-state index contributed by atoms with van der Waals surface area (Å²) in [6.45, 7) is 4.91. The molecule has 0 fully saturated rings. The molecule has 0 bridgehead atoms. The summed E-state index contributed by atoms with van der Waals surface area (Å²) >= 11 is 6.04. The molecule has 112 valence electrons. The third-order valence-electron chi connectivity index (χ3n) is 3.05. The minimum absolute atomic E-state index is 0.231. The summed E-state index contributed by atoms with van der Waals surface area (Å²) < 4.78 is 13.9. The number of benzene rings is 1. The molecule has 0 amide bonds. The first-order valence-electron chi connectivity index (χ1n) is 6.96. The molecule has 1 aromatic carbocycles. The zero-order valence-corrected chi connectivity index (χ0v) is 12.8. The first-order chi connectivity index (χ1) is 10.2. The fourth-order valence-corrected chi connectivity index (χ4v) is 2.20. The van der Waals surface area contributed by atoms with Gasteiger partial charge in [-0.25, -0.2) is 14.4 Å². The quantitative estimate of drug-likeness (QED) is 0.830. The van der Waals surface area contributed by atoms with Crippen molar-refractivity contribution in [3.05, 3.63) is 40.9 Å². The van der Waals surface area contributed by atoms with Gasteiger partial charge in [-0.15, -0.1) is 0 Å². The first kappa shape index (κ1) is 15.5. The Labute approximate surface area is 128 Å². The highest BCUT2D eigenvalue weighted by Gasteiger charge is 2.13. The Balaban J connectivity index is 2.35. The van der Waals surface area contributed by atoms with Crippen LogP contribution < -0.4 is 10.6 Å². The summed E-state index contributed by atoms with van der Waals surface area (Å²) in [6.07, 6.45) is 3.17.